The Kier molecular flexibility index (Phi) is 5.18. The number of amides is 1. The van der Waals surface area contributed by atoms with Crippen molar-refractivity contribution in [1.82, 2.24) is 15.1 Å². The van der Waals surface area contributed by atoms with Gasteiger partial charge in [-0.3, -0.25) is 9.48 Å². The Labute approximate surface area is 150 Å². The lowest BCUT2D eigenvalue weighted by Crippen LogP contribution is -2.28. The van der Waals surface area contributed by atoms with Gasteiger partial charge in [0, 0.05) is 30.3 Å². The monoisotopic (exact) mass is 355 g/mol. The van der Waals surface area contributed by atoms with E-state index in [4.69, 9.17) is 9.15 Å². The summed E-state index contributed by atoms with van der Waals surface area (Å²) in [5, 5.41) is 7.96. The van der Waals surface area contributed by atoms with Crippen molar-refractivity contribution in [1.29, 1.82) is 0 Å². The second kappa shape index (κ2) is 7.53. The Morgan fingerprint density at radius 2 is 2.08 bits per heavy atom. The number of benzene rings is 1. The first kappa shape index (κ1) is 17.9. The molecule has 7 heteroatoms. The van der Waals surface area contributed by atoms with Crippen LogP contribution < -0.4 is 10.9 Å². The van der Waals surface area contributed by atoms with Crippen molar-refractivity contribution in [3.63, 3.8) is 0 Å². The van der Waals surface area contributed by atoms with Gasteiger partial charge in [-0.25, -0.2) is 4.79 Å². The van der Waals surface area contributed by atoms with Crippen LogP contribution in [0.25, 0.3) is 11.0 Å². The van der Waals surface area contributed by atoms with E-state index in [1.54, 1.807) is 31.4 Å². The molecule has 2 heterocycles. The zero-order valence-corrected chi connectivity index (χ0v) is 15.0. The molecule has 0 atom stereocenters. The first-order chi connectivity index (χ1) is 12.5. The van der Waals surface area contributed by atoms with Crippen molar-refractivity contribution >= 4 is 16.9 Å². The Hall–Kier alpha value is -2.93. The van der Waals surface area contributed by atoms with E-state index in [2.05, 4.69) is 10.4 Å². The Morgan fingerprint density at radius 1 is 1.31 bits per heavy atom. The van der Waals surface area contributed by atoms with Crippen molar-refractivity contribution in [2.24, 2.45) is 0 Å². The Bertz CT molecular complexity index is 1000. The number of hydrogen-bond donors (Lipinski definition) is 1. The second-order valence-corrected chi connectivity index (χ2v) is 6.03. The van der Waals surface area contributed by atoms with Gasteiger partial charge in [-0.2, -0.15) is 5.10 Å². The summed E-state index contributed by atoms with van der Waals surface area (Å²) in [6.07, 6.45) is 0. The summed E-state index contributed by atoms with van der Waals surface area (Å²) in [5.41, 5.74) is 2.53. The summed E-state index contributed by atoms with van der Waals surface area (Å²) in [4.78, 5) is 24.5. The molecule has 0 saturated heterocycles. The van der Waals surface area contributed by atoms with Crippen molar-refractivity contribution in [3.05, 3.63) is 63.3 Å². The van der Waals surface area contributed by atoms with Gasteiger partial charge in [0.15, 0.2) is 0 Å². The second-order valence-electron chi connectivity index (χ2n) is 6.03. The molecule has 0 fully saturated rings. The molecule has 0 unspecified atom stereocenters. The molecule has 0 saturated carbocycles. The van der Waals surface area contributed by atoms with Crippen LogP contribution in [0.1, 0.15) is 27.3 Å². The smallest absolute Gasteiger partial charge is 0.349 e. The number of ether oxygens (including phenoxy) is 1. The number of aromatic nitrogens is 2. The highest BCUT2D eigenvalue weighted by Crippen LogP contribution is 2.14. The van der Waals surface area contributed by atoms with Crippen LogP contribution in [0, 0.1) is 13.8 Å². The minimum Gasteiger partial charge on any atom is -0.422 e. The number of hydrogen-bond acceptors (Lipinski definition) is 5. The van der Waals surface area contributed by atoms with Crippen LogP contribution in [0.5, 0.6) is 0 Å². The average Bonchev–Trinajstić information content (AvgIpc) is 2.90. The van der Waals surface area contributed by atoms with Gasteiger partial charge in [-0.05, 0) is 26.0 Å². The van der Waals surface area contributed by atoms with E-state index in [1.807, 2.05) is 24.6 Å². The zero-order valence-electron chi connectivity index (χ0n) is 15.0. The topological polar surface area (TPSA) is 86.4 Å². The fourth-order valence-corrected chi connectivity index (χ4v) is 2.87. The Balaban J connectivity index is 1.78. The van der Waals surface area contributed by atoms with E-state index in [0.29, 0.717) is 24.1 Å². The number of aryl methyl sites for hydroxylation is 1. The van der Waals surface area contributed by atoms with Crippen molar-refractivity contribution < 1.29 is 13.9 Å². The molecule has 0 aliphatic carbocycles. The van der Waals surface area contributed by atoms with Crippen LogP contribution in [-0.2, 0) is 17.8 Å². The normalized spacial score (nSPS) is 11.0. The number of carbonyl (C=O) groups is 1. The standard InChI is InChI=1S/C19H21N3O4/c1-12-16(13(2)22(21-12)8-9-25-3)11-20-18(23)15-10-14-6-4-5-7-17(14)26-19(15)24/h4-7,10H,8-9,11H2,1-3H3,(H,20,23). The van der Waals surface area contributed by atoms with E-state index >= 15 is 0 Å². The molecule has 26 heavy (non-hydrogen) atoms. The number of fused-ring (bicyclic) bond motifs is 1. The third-order valence-electron chi connectivity index (χ3n) is 4.35. The van der Waals surface area contributed by atoms with Crippen LogP contribution in [0.3, 0.4) is 0 Å². The lowest BCUT2D eigenvalue weighted by molar-refractivity contribution is 0.0947. The first-order valence-corrected chi connectivity index (χ1v) is 8.34. The zero-order chi connectivity index (χ0) is 18.7. The van der Waals surface area contributed by atoms with Crippen LogP contribution >= 0.6 is 0 Å². The number of nitrogens with one attached hydrogen (secondary N) is 1. The van der Waals surface area contributed by atoms with Crippen molar-refractivity contribution in [3.8, 4) is 0 Å². The van der Waals surface area contributed by atoms with E-state index in [9.17, 15) is 9.59 Å². The van der Waals surface area contributed by atoms with Crippen LogP contribution in [-0.4, -0.2) is 29.4 Å². The maximum absolute atomic E-state index is 12.5. The van der Waals surface area contributed by atoms with Gasteiger partial charge in [0.05, 0.1) is 18.8 Å². The maximum atomic E-state index is 12.5. The number of rotatable bonds is 6. The lowest BCUT2D eigenvalue weighted by atomic mass is 10.1. The fraction of sp³-hybridized carbons (Fsp3) is 0.316. The highest BCUT2D eigenvalue weighted by Gasteiger charge is 2.16. The van der Waals surface area contributed by atoms with Gasteiger partial charge in [0.2, 0.25) is 0 Å². The molecule has 0 radical (unpaired) electrons. The number of methoxy groups -OCH3 is 1. The molecule has 7 nitrogen and oxygen atoms in total. The van der Waals surface area contributed by atoms with Crippen molar-refractivity contribution in [2.75, 3.05) is 13.7 Å². The Morgan fingerprint density at radius 3 is 2.85 bits per heavy atom. The largest absolute Gasteiger partial charge is 0.422 e. The predicted molar refractivity (Wildman–Crippen MR) is 97.2 cm³/mol. The predicted octanol–water partition coefficient (Wildman–Crippen LogP) is 2.18. The first-order valence-electron chi connectivity index (χ1n) is 8.34. The molecule has 3 aromatic rings. The van der Waals surface area contributed by atoms with Gasteiger partial charge in [-0.15, -0.1) is 0 Å². The van der Waals surface area contributed by atoms with Crippen LogP contribution in [0.15, 0.2) is 39.5 Å². The summed E-state index contributed by atoms with van der Waals surface area (Å²) in [6, 6.07) is 8.64. The molecular weight excluding hydrogens is 334 g/mol. The van der Waals surface area contributed by atoms with E-state index < -0.39 is 11.5 Å². The summed E-state index contributed by atoms with van der Waals surface area (Å²) in [6.45, 7) is 5.33. The lowest BCUT2D eigenvalue weighted by Gasteiger charge is -2.07. The van der Waals surface area contributed by atoms with E-state index in [0.717, 1.165) is 17.0 Å². The van der Waals surface area contributed by atoms with Gasteiger partial charge >= 0.3 is 5.63 Å². The summed E-state index contributed by atoms with van der Waals surface area (Å²) >= 11 is 0. The van der Waals surface area contributed by atoms with Gasteiger partial charge < -0.3 is 14.5 Å². The van der Waals surface area contributed by atoms with Crippen LogP contribution in [0.4, 0.5) is 0 Å². The quantitative estimate of drug-likeness (QED) is 0.685. The minimum atomic E-state index is -0.648. The summed E-state index contributed by atoms with van der Waals surface area (Å²) in [7, 11) is 1.64. The van der Waals surface area contributed by atoms with Gasteiger partial charge in [-0.1, -0.05) is 18.2 Å². The highest BCUT2D eigenvalue weighted by atomic mass is 16.5. The minimum absolute atomic E-state index is 0.00854. The molecule has 1 aromatic carbocycles. The van der Waals surface area contributed by atoms with Gasteiger partial charge in [0.1, 0.15) is 11.1 Å². The van der Waals surface area contributed by atoms with E-state index in [-0.39, 0.29) is 12.1 Å². The third-order valence-corrected chi connectivity index (χ3v) is 4.35. The van der Waals surface area contributed by atoms with Crippen molar-refractivity contribution in [2.45, 2.75) is 26.9 Å². The highest BCUT2D eigenvalue weighted by molar-refractivity contribution is 5.96. The average molecular weight is 355 g/mol. The summed E-state index contributed by atoms with van der Waals surface area (Å²) in [5.74, 6) is -0.465. The maximum Gasteiger partial charge on any atom is 0.349 e. The van der Waals surface area contributed by atoms with E-state index in [1.165, 1.54) is 0 Å². The third kappa shape index (κ3) is 3.52. The molecule has 0 aliphatic heterocycles. The van der Waals surface area contributed by atoms with Crippen LogP contribution in [0.2, 0.25) is 0 Å². The molecule has 2 aromatic heterocycles. The molecular formula is C19H21N3O4. The summed E-state index contributed by atoms with van der Waals surface area (Å²) < 4.78 is 12.1. The molecule has 136 valence electrons. The number of nitrogens with zero attached hydrogens (tertiary/aromatic N) is 2. The molecule has 1 N–H and O–H groups in total. The molecule has 3 rings (SSSR count). The number of para-hydroxylation sites is 1. The van der Waals surface area contributed by atoms with Gasteiger partial charge in [0.25, 0.3) is 5.91 Å². The fourth-order valence-electron chi connectivity index (χ4n) is 2.87. The SMILES string of the molecule is COCCn1nc(C)c(CNC(=O)c2cc3ccccc3oc2=O)c1C. The molecule has 0 spiro atoms. The number of carbonyl (C=O) groups excluding carboxylic acids is 1. The molecule has 0 aliphatic rings. The molecule has 0 bridgehead atoms. The molecule has 1 amide bonds.